The largest absolute Gasteiger partial charge is 0.495 e. The van der Waals surface area contributed by atoms with Crippen LogP contribution in [0.25, 0.3) is 11.0 Å². The van der Waals surface area contributed by atoms with Gasteiger partial charge in [-0.15, -0.1) is 0 Å². The molecular formula is C20H22F2N4O4S. The van der Waals surface area contributed by atoms with Crippen LogP contribution < -0.4 is 10.1 Å². The minimum absolute atomic E-state index is 0.0119. The molecular weight excluding hydrogens is 430 g/mol. The number of H-pyrrole nitrogens is 1. The molecule has 0 saturated heterocycles. The van der Waals surface area contributed by atoms with E-state index in [-0.39, 0.29) is 27.4 Å². The Kier molecular flexibility index (Phi) is 6.56. The molecule has 0 atom stereocenters. The van der Waals surface area contributed by atoms with Crippen molar-refractivity contribution in [1.82, 2.24) is 14.3 Å². The number of ether oxygens (including phenoxy) is 1. The van der Waals surface area contributed by atoms with E-state index in [0.717, 1.165) is 0 Å². The minimum Gasteiger partial charge on any atom is -0.495 e. The number of nitrogens with zero attached hydrogens (tertiary/aromatic N) is 2. The third-order valence-electron chi connectivity index (χ3n) is 4.73. The highest BCUT2D eigenvalue weighted by Crippen LogP contribution is 2.30. The van der Waals surface area contributed by atoms with Gasteiger partial charge in [0.05, 0.1) is 28.7 Å². The average Bonchev–Trinajstić information content (AvgIpc) is 3.18. The monoisotopic (exact) mass is 452 g/mol. The zero-order valence-electron chi connectivity index (χ0n) is 17.1. The van der Waals surface area contributed by atoms with Crippen molar-refractivity contribution in [3.63, 3.8) is 0 Å². The third kappa shape index (κ3) is 4.52. The first-order chi connectivity index (χ1) is 14.7. The summed E-state index contributed by atoms with van der Waals surface area (Å²) in [5, 5.41) is 2.63. The highest BCUT2D eigenvalue weighted by Gasteiger charge is 2.23. The number of hydrogen-bond acceptors (Lipinski definition) is 5. The molecule has 0 fully saturated rings. The first-order valence-corrected chi connectivity index (χ1v) is 10.9. The number of amides is 1. The first-order valence-electron chi connectivity index (χ1n) is 9.48. The minimum atomic E-state index is -3.74. The van der Waals surface area contributed by atoms with Crippen LogP contribution in [-0.2, 0) is 10.0 Å². The van der Waals surface area contributed by atoms with Gasteiger partial charge in [0.2, 0.25) is 10.0 Å². The number of carbonyl (C=O) groups excluding carboxylic acids is 1. The number of rotatable bonds is 8. The lowest BCUT2D eigenvalue weighted by molar-refractivity contribution is 0.102. The van der Waals surface area contributed by atoms with Crippen LogP contribution in [-0.4, -0.2) is 48.8 Å². The smallest absolute Gasteiger partial charge is 0.295 e. The van der Waals surface area contributed by atoms with Crippen LogP contribution in [0, 0.1) is 0 Å². The molecule has 3 rings (SSSR count). The molecule has 31 heavy (non-hydrogen) atoms. The maximum absolute atomic E-state index is 12.8. The molecule has 0 unspecified atom stereocenters. The predicted octanol–water partition coefficient (Wildman–Crippen LogP) is 3.79. The summed E-state index contributed by atoms with van der Waals surface area (Å²) >= 11 is 0. The zero-order chi connectivity index (χ0) is 22.8. The number of aromatic nitrogens is 2. The normalized spacial score (nSPS) is 12.0. The summed E-state index contributed by atoms with van der Waals surface area (Å²) in [5.74, 6) is -0.774. The van der Waals surface area contributed by atoms with Crippen molar-refractivity contribution in [2.24, 2.45) is 0 Å². The van der Waals surface area contributed by atoms with E-state index in [1.165, 1.54) is 47.8 Å². The molecule has 11 heteroatoms. The number of benzene rings is 2. The van der Waals surface area contributed by atoms with Crippen molar-refractivity contribution in [3.05, 3.63) is 47.8 Å². The molecule has 166 valence electrons. The highest BCUT2D eigenvalue weighted by atomic mass is 32.2. The Hall–Kier alpha value is -3.05. The van der Waals surface area contributed by atoms with Gasteiger partial charge in [-0.05, 0) is 36.4 Å². The van der Waals surface area contributed by atoms with Gasteiger partial charge >= 0.3 is 0 Å². The second-order valence-corrected chi connectivity index (χ2v) is 8.50. The van der Waals surface area contributed by atoms with Crippen molar-refractivity contribution in [3.8, 4) is 5.75 Å². The van der Waals surface area contributed by atoms with E-state index < -0.39 is 28.2 Å². The number of halogens is 2. The average molecular weight is 452 g/mol. The number of sulfonamides is 1. The van der Waals surface area contributed by atoms with E-state index in [2.05, 4.69) is 15.3 Å². The van der Waals surface area contributed by atoms with Gasteiger partial charge in [0, 0.05) is 18.7 Å². The maximum Gasteiger partial charge on any atom is 0.295 e. The van der Waals surface area contributed by atoms with Crippen molar-refractivity contribution in [2.75, 3.05) is 25.5 Å². The standard InChI is InChI=1S/C20H22F2N4O4S/c1-4-26(5-2)31(28,29)13-7-9-17(30-3)16(11-13)25-20(27)12-6-8-14-15(10-12)24-19(23-14)18(21)22/h6-11,18H,4-5H2,1-3H3,(H,23,24)(H,25,27). The topological polar surface area (TPSA) is 104 Å². The van der Waals surface area contributed by atoms with Crippen molar-refractivity contribution < 1.29 is 26.7 Å². The number of methoxy groups -OCH3 is 1. The van der Waals surface area contributed by atoms with Crippen molar-refractivity contribution in [1.29, 1.82) is 0 Å². The van der Waals surface area contributed by atoms with E-state index in [9.17, 15) is 22.0 Å². The molecule has 1 heterocycles. The summed E-state index contributed by atoms with van der Waals surface area (Å²) in [6.45, 7) is 4.07. The number of fused-ring (bicyclic) bond motifs is 1. The number of imidazole rings is 1. The molecule has 0 saturated carbocycles. The summed E-state index contributed by atoms with van der Waals surface area (Å²) in [6.07, 6.45) is -2.76. The lowest BCUT2D eigenvalue weighted by Crippen LogP contribution is -2.30. The Balaban J connectivity index is 1.94. The molecule has 2 aromatic carbocycles. The molecule has 3 aromatic rings. The fourth-order valence-electron chi connectivity index (χ4n) is 3.13. The first kappa shape index (κ1) is 22.6. The van der Waals surface area contributed by atoms with Crippen LogP contribution in [0.4, 0.5) is 14.5 Å². The van der Waals surface area contributed by atoms with Crippen LogP contribution in [0.3, 0.4) is 0 Å². The van der Waals surface area contributed by atoms with Gasteiger partial charge in [0.25, 0.3) is 12.3 Å². The molecule has 2 N–H and O–H groups in total. The van der Waals surface area contributed by atoms with E-state index in [1.807, 2.05) is 0 Å². The Morgan fingerprint density at radius 3 is 2.52 bits per heavy atom. The van der Waals surface area contributed by atoms with Crippen LogP contribution >= 0.6 is 0 Å². The van der Waals surface area contributed by atoms with Crippen LogP contribution in [0.15, 0.2) is 41.3 Å². The van der Waals surface area contributed by atoms with Crippen molar-refractivity contribution >= 4 is 32.7 Å². The SMILES string of the molecule is CCN(CC)S(=O)(=O)c1ccc(OC)c(NC(=O)c2ccc3nc(C(F)F)[nH]c3c2)c1. The predicted molar refractivity (Wildman–Crippen MR) is 112 cm³/mol. The molecule has 8 nitrogen and oxygen atoms in total. The Bertz CT molecular complexity index is 1210. The molecule has 0 spiro atoms. The number of carbonyl (C=O) groups is 1. The zero-order valence-corrected chi connectivity index (χ0v) is 18.0. The van der Waals surface area contributed by atoms with Gasteiger partial charge in [-0.25, -0.2) is 22.2 Å². The molecule has 0 aliphatic rings. The molecule has 0 aliphatic heterocycles. The lowest BCUT2D eigenvalue weighted by Gasteiger charge is -2.19. The van der Waals surface area contributed by atoms with Crippen LogP contribution in [0.5, 0.6) is 5.75 Å². The number of nitrogens with one attached hydrogen (secondary N) is 2. The fraction of sp³-hybridized carbons (Fsp3) is 0.300. The number of alkyl halides is 2. The summed E-state index contributed by atoms with van der Waals surface area (Å²) in [7, 11) is -2.35. The van der Waals surface area contributed by atoms with Gasteiger partial charge < -0.3 is 15.0 Å². The fourth-order valence-corrected chi connectivity index (χ4v) is 4.61. The molecule has 0 aliphatic carbocycles. The second-order valence-electron chi connectivity index (χ2n) is 6.56. The van der Waals surface area contributed by atoms with Gasteiger partial charge in [0.15, 0.2) is 5.82 Å². The Labute approximate surface area is 178 Å². The molecule has 0 bridgehead atoms. The van der Waals surface area contributed by atoms with Gasteiger partial charge in [0.1, 0.15) is 5.75 Å². The summed E-state index contributed by atoms with van der Waals surface area (Å²) in [4.78, 5) is 19.0. The third-order valence-corrected chi connectivity index (χ3v) is 6.78. The highest BCUT2D eigenvalue weighted by molar-refractivity contribution is 7.89. The molecule has 1 aromatic heterocycles. The number of aromatic amines is 1. The lowest BCUT2D eigenvalue weighted by atomic mass is 10.2. The van der Waals surface area contributed by atoms with Gasteiger partial charge in [-0.3, -0.25) is 4.79 Å². The molecule has 0 radical (unpaired) electrons. The summed E-state index contributed by atoms with van der Waals surface area (Å²) in [5.41, 5.74) is 0.930. The Morgan fingerprint density at radius 2 is 1.90 bits per heavy atom. The van der Waals surface area contributed by atoms with E-state index in [1.54, 1.807) is 13.8 Å². The Morgan fingerprint density at radius 1 is 1.19 bits per heavy atom. The summed E-state index contributed by atoms with van der Waals surface area (Å²) < 4.78 is 57.8. The number of anilines is 1. The second kappa shape index (κ2) is 8.98. The van der Waals surface area contributed by atoms with Crippen molar-refractivity contribution in [2.45, 2.75) is 25.2 Å². The van der Waals surface area contributed by atoms with Crippen LogP contribution in [0.2, 0.25) is 0 Å². The van der Waals surface area contributed by atoms with E-state index in [4.69, 9.17) is 4.74 Å². The summed E-state index contributed by atoms with van der Waals surface area (Å²) in [6, 6.07) is 8.48. The van der Waals surface area contributed by atoms with Gasteiger partial charge in [-0.2, -0.15) is 4.31 Å². The molecule has 1 amide bonds. The quantitative estimate of drug-likeness (QED) is 0.541. The van der Waals surface area contributed by atoms with E-state index in [0.29, 0.717) is 18.6 Å². The van der Waals surface area contributed by atoms with Gasteiger partial charge in [-0.1, -0.05) is 13.8 Å². The maximum atomic E-state index is 12.8. The van der Waals surface area contributed by atoms with E-state index >= 15 is 0 Å². The van der Waals surface area contributed by atoms with Crippen LogP contribution in [0.1, 0.15) is 36.5 Å². The number of hydrogen-bond donors (Lipinski definition) is 2.